The number of esters is 1. The van der Waals surface area contributed by atoms with Crippen molar-refractivity contribution in [2.45, 2.75) is 19.8 Å². The fourth-order valence-electron chi connectivity index (χ4n) is 2.32. The van der Waals surface area contributed by atoms with Crippen molar-refractivity contribution in [3.63, 3.8) is 0 Å². The molecule has 2 aromatic rings. The molecule has 4 nitrogen and oxygen atoms in total. The zero-order chi connectivity index (χ0) is 14.8. The molecule has 1 aromatic carbocycles. The van der Waals surface area contributed by atoms with Gasteiger partial charge in [0.1, 0.15) is 10.6 Å². The summed E-state index contributed by atoms with van der Waals surface area (Å²) in [5, 5.41) is 0. The lowest BCUT2D eigenvalue weighted by Gasteiger charge is -2.15. The van der Waals surface area contributed by atoms with Crippen LogP contribution in [0.2, 0.25) is 0 Å². The standard InChI is InChI=1S/C16H15NO3S/c1-11-4-9-14(21-11)16(19)20-13-7-5-12(6-8-13)17-10-2-3-15(17)18/h4-9H,2-3,10H2,1H3. The highest BCUT2D eigenvalue weighted by molar-refractivity contribution is 7.13. The van der Waals surface area contributed by atoms with Gasteiger partial charge in [0.15, 0.2) is 0 Å². The third-order valence-corrected chi connectivity index (χ3v) is 4.35. The molecule has 0 aliphatic carbocycles. The zero-order valence-electron chi connectivity index (χ0n) is 11.7. The van der Waals surface area contributed by atoms with Crippen molar-refractivity contribution in [1.82, 2.24) is 0 Å². The van der Waals surface area contributed by atoms with Crippen LogP contribution < -0.4 is 9.64 Å². The molecule has 3 rings (SSSR count). The van der Waals surface area contributed by atoms with Crippen LogP contribution in [0.4, 0.5) is 5.69 Å². The number of carbonyl (C=O) groups is 2. The van der Waals surface area contributed by atoms with Crippen molar-refractivity contribution in [1.29, 1.82) is 0 Å². The number of aryl methyl sites for hydroxylation is 1. The summed E-state index contributed by atoms with van der Waals surface area (Å²) < 4.78 is 5.33. The molecule has 1 fully saturated rings. The summed E-state index contributed by atoms with van der Waals surface area (Å²) >= 11 is 1.41. The summed E-state index contributed by atoms with van der Waals surface area (Å²) in [6.07, 6.45) is 1.50. The van der Waals surface area contributed by atoms with Gasteiger partial charge in [0, 0.05) is 23.5 Å². The van der Waals surface area contributed by atoms with E-state index >= 15 is 0 Å². The fourth-order valence-corrected chi connectivity index (χ4v) is 3.06. The molecule has 0 atom stereocenters. The molecule has 0 saturated carbocycles. The van der Waals surface area contributed by atoms with Crippen LogP contribution in [0.1, 0.15) is 27.4 Å². The normalized spacial score (nSPS) is 14.5. The summed E-state index contributed by atoms with van der Waals surface area (Å²) in [5.41, 5.74) is 0.851. The molecule has 1 saturated heterocycles. The number of ether oxygens (including phenoxy) is 1. The van der Waals surface area contributed by atoms with E-state index in [0.29, 0.717) is 17.0 Å². The molecule has 1 aliphatic rings. The maximum absolute atomic E-state index is 11.9. The molecule has 1 aliphatic heterocycles. The Morgan fingerprint density at radius 2 is 1.95 bits per heavy atom. The van der Waals surface area contributed by atoms with Crippen molar-refractivity contribution in [2.24, 2.45) is 0 Å². The van der Waals surface area contributed by atoms with Gasteiger partial charge in [0.2, 0.25) is 5.91 Å². The number of benzene rings is 1. The lowest BCUT2D eigenvalue weighted by molar-refractivity contribution is -0.117. The predicted molar refractivity (Wildman–Crippen MR) is 82.0 cm³/mol. The molecular formula is C16H15NO3S. The molecule has 2 heterocycles. The molecule has 0 bridgehead atoms. The molecule has 0 unspecified atom stereocenters. The molecule has 21 heavy (non-hydrogen) atoms. The fraction of sp³-hybridized carbons (Fsp3) is 0.250. The van der Waals surface area contributed by atoms with Gasteiger partial charge in [-0.25, -0.2) is 4.79 Å². The van der Waals surface area contributed by atoms with Crippen LogP contribution in [-0.2, 0) is 4.79 Å². The van der Waals surface area contributed by atoms with E-state index in [4.69, 9.17) is 4.74 Å². The average Bonchev–Trinajstić information content (AvgIpc) is 3.08. The summed E-state index contributed by atoms with van der Waals surface area (Å²) in [4.78, 5) is 27.0. The largest absolute Gasteiger partial charge is 0.422 e. The van der Waals surface area contributed by atoms with Crippen molar-refractivity contribution in [3.8, 4) is 5.75 Å². The lowest BCUT2D eigenvalue weighted by Crippen LogP contribution is -2.23. The van der Waals surface area contributed by atoms with Crippen molar-refractivity contribution >= 4 is 28.9 Å². The highest BCUT2D eigenvalue weighted by atomic mass is 32.1. The first-order valence-electron chi connectivity index (χ1n) is 6.82. The van der Waals surface area contributed by atoms with Gasteiger partial charge in [0.05, 0.1) is 0 Å². The van der Waals surface area contributed by atoms with Gasteiger partial charge in [-0.3, -0.25) is 4.79 Å². The summed E-state index contributed by atoms with van der Waals surface area (Å²) in [7, 11) is 0. The number of hydrogen-bond acceptors (Lipinski definition) is 4. The van der Waals surface area contributed by atoms with Crippen LogP contribution in [0.25, 0.3) is 0 Å². The minimum absolute atomic E-state index is 0.147. The monoisotopic (exact) mass is 301 g/mol. The van der Waals surface area contributed by atoms with Gasteiger partial charge >= 0.3 is 5.97 Å². The Bertz CT molecular complexity index is 675. The van der Waals surface area contributed by atoms with Gasteiger partial charge in [-0.05, 0) is 49.7 Å². The topological polar surface area (TPSA) is 46.6 Å². The Morgan fingerprint density at radius 1 is 1.19 bits per heavy atom. The first-order valence-corrected chi connectivity index (χ1v) is 7.64. The molecule has 1 amide bonds. The van der Waals surface area contributed by atoms with Crippen molar-refractivity contribution in [3.05, 3.63) is 46.2 Å². The molecule has 0 radical (unpaired) electrons. The lowest BCUT2D eigenvalue weighted by atomic mass is 10.3. The second-order valence-corrected chi connectivity index (χ2v) is 6.23. The van der Waals surface area contributed by atoms with E-state index in [2.05, 4.69) is 0 Å². The van der Waals surface area contributed by atoms with E-state index in [1.165, 1.54) is 11.3 Å². The highest BCUT2D eigenvalue weighted by Crippen LogP contribution is 2.25. The number of nitrogens with zero attached hydrogens (tertiary/aromatic N) is 1. The van der Waals surface area contributed by atoms with Gasteiger partial charge in [-0.15, -0.1) is 11.3 Å². The van der Waals surface area contributed by atoms with E-state index in [1.54, 1.807) is 23.1 Å². The summed E-state index contributed by atoms with van der Waals surface area (Å²) in [5.74, 6) is 0.286. The van der Waals surface area contributed by atoms with Crippen LogP contribution in [0, 0.1) is 6.92 Å². The van der Waals surface area contributed by atoms with Crippen LogP contribution in [0.5, 0.6) is 5.75 Å². The van der Waals surface area contributed by atoms with Crippen molar-refractivity contribution in [2.75, 3.05) is 11.4 Å². The van der Waals surface area contributed by atoms with Gasteiger partial charge < -0.3 is 9.64 Å². The maximum Gasteiger partial charge on any atom is 0.353 e. The Kier molecular flexibility index (Phi) is 3.75. The smallest absolute Gasteiger partial charge is 0.353 e. The summed E-state index contributed by atoms with van der Waals surface area (Å²) in [6.45, 7) is 2.70. The minimum atomic E-state index is -0.349. The molecule has 5 heteroatoms. The zero-order valence-corrected chi connectivity index (χ0v) is 12.5. The summed E-state index contributed by atoms with van der Waals surface area (Å²) in [6, 6.07) is 10.7. The molecular weight excluding hydrogens is 286 g/mol. The predicted octanol–water partition coefficient (Wildman–Crippen LogP) is 3.40. The molecule has 1 aromatic heterocycles. The van der Waals surface area contributed by atoms with Gasteiger partial charge in [-0.2, -0.15) is 0 Å². The van der Waals surface area contributed by atoms with Crippen LogP contribution >= 0.6 is 11.3 Å². The molecule has 0 N–H and O–H groups in total. The van der Waals surface area contributed by atoms with E-state index in [9.17, 15) is 9.59 Å². The Morgan fingerprint density at radius 3 is 2.52 bits per heavy atom. The van der Waals surface area contributed by atoms with E-state index in [-0.39, 0.29) is 11.9 Å². The van der Waals surface area contributed by atoms with Gasteiger partial charge in [-0.1, -0.05) is 0 Å². The second kappa shape index (κ2) is 5.69. The number of rotatable bonds is 3. The van der Waals surface area contributed by atoms with E-state index in [1.807, 2.05) is 25.1 Å². The van der Waals surface area contributed by atoms with Crippen LogP contribution in [-0.4, -0.2) is 18.4 Å². The SMILES string of the molecule is Cc1ccc(C(=O)Oc2ccc(N3CCCC3=O)cc2)s1. The second-order valence-electron chi connectivity index (χ2n) is 4.94. The highest BCUT2D eigenvalue weighted by Gasteiger charge is 2.21. The first kappa shape index (κ1) is 13.8. The molecule has 0 spiro atoms. The Balaban J connectivity index is 1.69. The minimum Gasteiger partial charge on any atom is -0.422 e. The number of thiophene rings is 1. The maximum atomic E-state index is 11.9. The average molecular weight is 301 g/mol. The van der Waals surface area contributed by atoms with Crippen LogP contribution in [0.3, 0.4) is 0 Å². The van der Waals surface area contributed by atoms with Crippen LogP contribution in [0.15, 0.2) is 36.4 Å². The van der Waals surface area contributed by atoms with E-state index < -0.39 is 0 Å². The number of amides is 1. The van der Waals surface area contributed by atoms with Crippen molar-refractivity contribution < 1.29 is 14.3 Å². The first-order chi connectivity index (χ1) is 10.1. The van der Waals surface area contributed by atoms with E-state index in [0.717, 1.165) is 23.5 Å². The third-order valence-electron chi connectivity index (χ3n) is 3.37. The molecule has 108 valence electrons. The van der Waals surface area contributed by atoms with Gasteiger partial charge in [0.25, 0.3) is 0 Å². The number of anilines is 1. The number of carbonyl (C=O) groups excluding carboxylic acids is 2. The Hall–Kier alpha value is -2.14. The Labute approximate surface area is 127 Å². The third kappa shape index (κ3) is 2.97. The number of hydrogen-bond donors (Lipinski definition) is 0. The quantitative estimate of drug-likeness (QED) is 0.645.